The Labute approximate surface area is 101 Å². The lowest BCUT2D eigenvalue weighted by Crippen LogP contribution is -2.17. The summed E-state index contributed by atoms with van der Waals surface area (Å²) in [7, 11) is 0. The van der Waals surface area contributed by atoms with Gasteiger partial charge in [0.25, 0.3) is 0 Å². The second kappa shape index (κ2) is 7.35. The zero-order valence-corrected chi connectivity index (χ0v) is 10.3. The fourth-order valence-corrected chi connectivity index (χ4v) is 1.40. The van der Waals surface area contributed by atoms with Crippen molar-refractivity contribution in [2.75, 3.05) is 13.2 Å². The topological polar surface area (TPSA) is 21.3 Å². The van der Waals surface area contributed by atoms with Gasteiger partial charge in [-0.15, -0.1) is 0 Å². The summed E-state index contributed by atoms with van der Waals surface area (Å²) in [5, 5.41) is 3.15. The highest BCUT2D eigenvalue weighted by Crippen LogP contribution is 2.08. The molecule has 0 saturated heterocycles. The lowest BCUT2D eigenvalue weighted by molar-refractivity contribution is 0.0770. The molecule has 1 rings (SSSR count). The predicted molar refractivity (Wildman–Crippen MR) is 63.8 cm³/mol. The second-order valence-electron chi connectivity index (χ2n) is 4.20. The van der Waals surface area contributed by atoms with Gasteiger partial charge in [-0.2, -0.15) is 0 Å². The summed E-state index contributed by atoms with van der Waals surface area (Å²) in [6, 6.07) is 3.94. The molecular weight excluding hydrogens is 224 g/mol. The highest BCUT2D eigenvalue weighted by molar-refractivity contribution is 5.17. The molecule has 0 amide bonds. The van der Waals surface area contributed by atoms with Gasteiger partial charge in [0.05, 0.1) is 6.10 Å². The molecule has 0 unspecified atom stereocenters. The maximum absolute atomic E-state index is 12.9. The average Bonchev–Trinajstić information content (AvgIpc) is 2.27. The molecule has 17 heavy (non-hydrogen) atoms. The molecule has 0 fully saturated rings. The van der Waals surface area contributed by atoms with E-state index in [1.807, 2.05) is 13.8 Å². The van der Waals surface area contributed by atoms with Crippen molar-refractivity contribution < 1.29 is 13.5 Å². The third kappa shape index (κ3) is 5.75. The van der Waals surface area contributed by atoms with E-state index >= 15 is 0 Å². The molecule has 96 valence electrons. The van der Waals surface area contributed by atoms with Crippen LogP contribution in [-0.2, 0) is 11.3 Å². The zero-order valence-electron chi connectivity index (χ0n) is 10.3. The van der Waals surface area contributed by atoms with Gasteiger partial charge in [-0.1, -0.05) is 6.07 Å². The molecule has 0 aliphatic carbocycles. The first-order valence-corrected chi connectivity index (χ1v) is 5.86. The Morgan fingerprint density at radius 2 is 2.00 bits per heavy atom. The van der Waals surface area contributed by atoms with Crippen LogP contribution >= 0.6 is 0 Å². The average molecular weight is 243 g/mol. The number of benzene rings is 1. The molecule has 2 nitrogen and oxygen atoms in total. The van der Waals surface area contributed by atoms with Gasteiger partial charge >= 0.3 is 0 Å². The molecule has 0 saturated carbocycles. The Morgan fingerprint density at radius 3 is 2.65 bits per heavy atom. The van der Waals surface area contributed by atoms with E-state index in [9.17, 15) is 8.78 Å². The van der Waals surface area contributed by atoms with Crippen molar-refractivity contribution >= 4 is 0 Å². The molecular formula is C13H19F2NO. The Balaban J connectivity index is 2.16. The standard InChI is InChI=1S/C13H19F2NO/c1-10(2)17-7-3-6-16-9-11-4-5-12(14)13(15)8-11/h4-5,8,10,16H,3,6-7,9H2,1-2H3. The summed E-state index contributed by atoms with van der Waals surface area (Å²) in [6.45, 7) is 6.04. The minimum absolute atomic E-state index is 0.251. The quantitative estimate of drug-likeness (QED) is 0.743. The van der Waals surface area contributed by atoms with E-state index in [0.717, 1.165) is 24.6 Å². The Hall–Kier alpha value is -1.00. The summed E-state index contributed by atoms with van der Waals surface area (Å²) in [4.78, 5) is 0. The first kappa shape index (κ1) is 14.1. The van der Waals surface area contributed by atoms with Crippen molar-refractivity contribution in [3.8, 4) is 0 Å². The molecule has 0 aliphatic heterocycles. The Bertz CT molecular complexity index is 342. The summed E-state index contributed by atoms with van der Waals surface area (Å²) in [6.07, 6.45) is 1.16. The van der Waals surface area contributed by atoms with Gasteiger partial charge in [-0.05, 0) is 44.5 Å². The van der Waals surface area contributed by atoms with Gasteiger partial charge in [0.15, 0.2) is 11.6 Å². The molecule has 1 aromatic carbocycles. The van der Waals surface area contributed by atoms with Gasteiger partial charge in [-0.25, -0.2) is 8.78 Å². The minimum Gasteiger partial charge on any atom is -0.379 e. The van der Waals surface area contributed by atoms with E-state index in [0.29, 0.717) is 13.2 Å². The smallest absolute Gasteiger partial charge is 0.159 e. The van der Waals surface area contributed by atoms with E-state index < -0.39 is 11.6 Å². The van der Waals surface area contributed by atoms with E-state index in [1.54, 1.807) is 6.07 Å². The summed E-state index contributed by atoms with van der Waals surface area (Å²) >= 11 is 0. The van der Waals surface area contributed by atoms with Gasteiger partial charge in [0.1, 0.15) is 0 Å². The van der Waals surface area contributed by atoms with Crippen molar-refractivity contribution in [2.24, 2.45) is 0 Å². The molecule has 0 atom stereocenters. The maximum Gasteiger partial charge on any atom is 0.159 e. The van der Waals surface area contributed by atoms with Crippen LogP contribution in [0.2, 0.25) is 0 Å². The van der Waals surface area contributed by atoms with Crippen LogP contribution in [-0.4, -0.2) is 19.3 Å². The van der Waals surface area contributed by atoms with E-state index in [-0.39, 0.29) is 6.10 Å². The number of rotatable bonds is 7. The molecule has 0 radical (unpaired) electrons. The number of nitrogens with one attached hydrogen (secondary N) is 1. The van der Waals surface area contributed by atoms with E-state index in [4.69, 9.17) is 4.74 Å². The van der Waals surface area contributed by atoms with Crippen LogP contribution < -0.4 is 5.32 Å². The summed E-state index contributed by atoms with van der Waals surface area (Å²) < 4.78 is 30.9. The molecule has 0 spiro atoms. The number of ether oxygens (including phenoxy) is 1. The zero-order chi connectivity index (χ0) is 12.7. The molecule has 4 heteroatoms. The number of halogens is 2. The maximum atomic E-state index is 12.9. The normalized spacial score (nSPS) is 11.1. The third-order valence-electron chi connectivity index (χ3n) is 2.26. The van der Waals surface area contributed by atoms with E-state index in [1.165, 1.54) is 6.07 Å². The van der Waals surface area contributed by atoms with Crippen LogP contribution in [0.25, 0.3) is 0 Å². The van der Waals surface area contributed by atoms with Crippen molar-refractivity contribution in [3.05, 3.63) is 35.4 Å². The van der Waals surface area contributed by atoms with Crippen molar-refractivity contribution in [1.29, 1.82) is 0 Å². The molecule has 0 bridgehead atoms. The molecule has 0 aliphatic rings. The van der Waals surface area contributed by atoms with Crippen LogP contribution in [0, 0.1) is 11.6 Å². The SMILES string of the molecule is CC(C)OCCCNCc1ccc(F)c(F)c1. The van der Waals surface area contributed by atoms with Crippen LogP contribution in [0.5, 0.6) is 0 Å². The Morgan fingerprint density at radius 1 is 1.24 bits per heavy atom. The molecule has 1 aromatic rings. The highest BCUT2D eigenvalue weighted by Gasteiger charge is 2.01. The largest absolute Gasteiger partial charge is 0.379 e. The lowest BCUT2D eigenvalue weighted by atomic mass is 10.2. The van der Waals surface area contributed by atoms with Gasteiger partial charge in [-0.3, -0.25) is 0 Å². The van der Waals surface area contributed by atoms with Crippen molar-refractivity contribution in [3.63, 3.8) is 0 Å². The first-order chi connectivity index (χ1) is 8.09. The van der Waals surface area contributed by atoms with Crippen molar-refractivity contribution in [2.45, 2.75) is 32.9 Å². The van der Waals surface area contributed by atoms with Gasteiger partial charge in [0.2, 0.25) is 0 Å². The summed E-state index contributed by atoms with van der Waals surface area (Å²) in [5.41, 5.74) is 0.744. The molecule has 1 N–H and O–H groups in total. The van der Waals surface area contributed by atoms with Gasteiger partial charge < -0.3 is 10.1 Å². The van der Waals surface area contributed by atoms with Crippen LogP contribution in [0.4, 0.5) is 8.78 Å². The first-order valence-electron chi connectivity index (χ1n) is 5.86. The van der Waals surface area contributed by atoms with E-state index in [2.05, 4.69) is 5.32 Å². The van der Waals surface area contributed by atoms with Gasteiger partial charge in [0, 0.05) is 13.2 Å². The monoisotopic (exact) mass is 243 g/mol. The second-order valence-corrected chi connectivity index (χ2v) is 4.20. The van der Waals surface area contributed by atoms with Crippen LogP contribution in [0.1, 0.15) is 25.8 Å². The number of hydrogen-bond donors (Lipinski definition) is 1. The van der Waals surface area contributed by atoms with Crippen LogP contribution in [0.15, 0.2) is 18.2 Å². The highest BCUT2D eigenvalue weighted by atomic mass is 19.2. The lowest BCUT2D eigenvalue weighted by Gasteiger charge is -2.08. The molecule has 0 aromatic heterocycles. The third-order valence-corrected chi connectivity index (χ3v) is 2.26. The van der Waals surface area contributed by atoms with Crippen LogP contribution in [0.3, 0.4) is 0 Å². The van der Waals surface area contributed by atoms with Crippen molar-refractivity contribution in [1.82, 2.24) is 5.32 Å². The molecule has 0 heterocycles. The predicted octanol–water partition coefficient (Wildman–Crippen LogP) is 2.87. The number of hydrogen-bond acceptors (Lipinski definition) is 2. The minimum atomic E-state index is -0.806. The fraction of sp³-hybridized carbons (Fsp3) is 0.538. The summed E-state index contributed by atoms with van der Waals surface area (Å²) in [5.74, 6) is -1.61. The Kier molecular flexibility index (Phi) is 6.08. The fourth-order valence-electron chi connectivity index (χ4n) is 1.40.